The summed E-state index contributed by atoms with van der Waals surface area (Å²) >= 11 is 0. The zero-order valence-corrected chi connectivity index (χ0v) is 18.1. The molecule has 31 heavy (non-hydrogen) atoms. The van der Waals surface area contributed by atoms with Crippen molar-refractivity contribution in [2.75, 3.05) is 44.1 Å². The lowest BCUT2D eigenvalue weighted by atomic mass is 10.0. The number of methoxy groups -OCH3 is 2. The van der Waals surface area contributed by atoms with Gasteiger partial charge in [-0.3, -0.25) is 14.5 Å². The largest absolute Gasteiger partial charge is 0.497 e. The highest BCUT2D eigenvalue weighted by Gasteiger charge is 2.30. The first-order valence-electron chi connectivity index (χ1n) is 10.8. The molecule has 2 amide bonds. The van der Waals surface area contributed by atoms with Gasteiger partial charge < -0.3 is 19.7 Å². The molecule has 2 aliphatic heterocycles. The van der Waals surface area contributed by atoms with E-state index in [2.05, 4.69) is 10.2 Å². The quantitative estimate of drug-likeness (QED) is 0.737. The summed E-state index contributed by atoms with van der Waals surface area (Å²) in [4.78, 5) is 28.8. The van der Waals surface area contributed by atoms with E-state index in [0.29, 0.717) is 18.7 Å². The van der Waals surface area contributed by atoms with Gasteiger partial charge in [0.25, 0.3) is 0 Å². The maximum atomic E-state index is 12.8. The molecule has 7 heteroatoms. The molecule has 2 saturated heterocycles. The summed E-state index contributed by atoms with van der Waals surface area (Å²) < 4.78 is 10.9. The Balaban J connectivity index is 1.43. The summed E-state index contributed by atoms with van der Waals surface area (Å²) in [6.45, 7) is 1.89. The van der Waals surface area contributed by atoms with Gasteiger partial charge in [0.05, 0.1) is 20.8 Å². The number of benzene rings is 2. The molecule has 0 aliphatic carbocycles. The normalized spacial score (nSPS) is 19.0. The Kier molecular flexibility index (Phi) is 6.42. The Morgan fingerprint density at radius 2 is 1.97 bits per heavy atom. The van der Waals surface area contributed by atoms with Gasteiger partial charge in [0.2, 0.25) is 11.8 Å². The van der Waals surface area contributed by atoms with Crippen molar-refractivity contribution in [1.29, 1.82) is 0 Å². The topological polar surface area (TPSA) is 71.1 Å². The lowest BCUT2D eigenvalue weighted by molar-refractivity contribution is -0.118. The fourth-order valence-corrected chi connectivity index (χ4v) is 4.52. The van der Waals surface area contributed by atoms with Gasteiger partial charge in [0.15, 0.2) is 0 Å². The molecule has 1 atom stereocenters. The first-order valence-corrected chi connectivity index (χ1v) is 10.8. The Labute approximate surface area is 182 Å². The van der Waals surface area contributed by atoms with Crippen LogP contribution in [0.4, 0.5) is 11.4 Å². The number of nitrogens with zero attached hydrogens (tertiary/aromatic N) is 2. The SMILES string of the molecule is COc1ccc(C2CCCN2CC(=O)Nc2cccc(N3CCCC3=O)c2)c(OC)c1. The van der Waals surface area contributed by atoms with Crippen LogP contribution in [0.25, 0.3) is 0 Å². The predicted octanol–water partition coefficient (Wildman–Crippen LogP) is 3.61. The van der Waals surface area contributed by atoms with Crippen LogP contribution in [0.1, 0.15) is 37.3 Å². The van der Waals surface area contributed by atoms with Crippen molar-refractivity contribution in [2.45, 2.75) is 31.7 Å². The lowest BCUT2D eigenvalue weighted by Gasteiger charge is -2.26. The second kappa shape index (κ2) is 9.39. The van der Waals surface area contributed by atoms with Crippen LogP contribution < -0.4 is 19.7 Å². The van der Waals surface area contributed by atoms with Crippen LogP contribution in [-0.2, 0) is 9.59 Å². The molecule has 164 valence electrons. The third-order valence-corrected chi connectivity index (χ3v) is 6.03. The van der Waals surface area contributed by atoms with E-state index < -0.39 is 0 Å². The summed E-state index contributed by atoms with van der Waals surface area (Å²) in [7, 11) is 3.29. The van der Waals surface area contributed by atoms with E-state index in [4.69, 9.17) is 9.47 Å². The average Bonchev–Trinajstić information content (AvgIpc) is 3.42. The van der Waals surface area contributed by atoms with Crippen LogP contribution >= 0.6 is 0 Å². The van der Waals surface area contributed by atoms with Gasteiger partial charge in [0, 0.05) is 42.0 Å². The zero-order chi connectivity index (χ0) is 21.8. The van der Waals surface area contributed by atoms with Crippen molar-refractivity contribution in [3.8, 4) is 11.5 Å². The number of nitrogens with one attached hydrogen (secondary N) is 1. The second-order valence-corrected chi connectivity index (χ2v) is 7.98. The minimum absolute atomic E-state index is 0.0655. The van der Waals surface area contributed by atoms with Crippen molar-refractivity contribution in [1.82, 2.24) is 4.90 Å². The number of hydrogen-bond acceptors (Lipinski definition) is 5. The van der Waals surface area contributed by atoms with Gasteiger partial charge in [-0.25, -0.2) is 0 Å². The number of likely N-dealkylation sites (tertiary alicyclic amines) is 1. The fourth-order valence-electron chi connectivity index (χ4n) is 4.52. The van der Waals surface area contributed by atoms with E-state index in [0.717, 1.165) is 55.1 Å². The fraction of sp³-hybridized carbons (Fsp3) is 0.417. The predicted molar refractivity (Wildman–Crippen MR) is 120 cm³/mol. The molecule has 2 aliphatic rings. The van der Waals surface area contributed by atoms with Gasteiger partial charge in [0.1, 0.15) is 11.5 Å². The number of anilines is 2. The number of carbonyl (C=O) groups is 2. The summed E-state index contributed by atoms with van der Waals surface area (Å²) in [6, 6.07) is 13.5. The Bertz CT molecular complexity index is 962. The molecular formula is C24H29N3O4. The van der Waals surface area contributed by atoms with Crippen LogP contribution in [0.2, 0.25) is 0 Å². The molecule has 2 heterocycles. The third kappa shape index (κ3) is 4.66. The molecular weight excluding hydrogens is 394 g/mol. The smallest absolute Gasteiger partial charge is 0.238 e. The third-order valence-electron chi connectivity index (χ3n) is 6.03. The summed E-state index contributed by atoms with van der Waals surface area (Å²) in [5, 5.41) is 3.00. The number of amides is 2. The first-order chi connectivity index (χ1) is 15.1. The minimum atomic E-state index is -0.0655. The van der Waals surface area contributed by atoms with Crippen LogP contribution in [0.3, 0.4) is 0 Å². The number of hydrogen-bond donors (Lipinski definition) is 1. The summed E-state index contributed by atoms with van der Waals surface area (Å²) in [6.07, 6.45) is 3.46. The molecule has 1 unspecified atom stereocenters. The van der Waals surface area contributed by atoms with E-state index in [1.54, 1.807) is 19.1 Å². The number of rotatable bonds is 7. The molecule has 0 aromatic heterocycles. The molecule has 0 radical (unpaired) electrons. The molecule has 4 rings (SSSR count). The monoisotopic (exact) mass is 423 g/mol. The second-order valence-electron chi connectivity index (χ2n) is 7.98. The van der Waals surface area contributed by atoms with Gasteiger partial charge >= 0.3 is 0 Å². The van der Waals surface area contributed by atoms with Crippen molar-refractivity contribution in [2.24, 2.45) is 0 Å². The molecule has 2 fully saturated rings. The molecule has 0 saturated carbocycles. The van der Waals surface area contributed by atoms with E-state index in [1.807, 2.05) is 42.5 Å². The Hall–Kier alpha value is -3.06. The van der Waals surface area contributed by atoms with Crippen LogP contribution in [0, 0.1) is 0 Å². The van der Waals surface area contributed by atoms with Gasteiger partial charge in [-0.1, -0.05) is 12.1 Å². The van der Waals surface area contributed by atoms with Gasteiger partial charge in [-0.2, -0.15) is 0 Å². The average molecular weight is 424 g/mol. The highest BCUT2D eigenvalue weighted by atomic mass is 16.5. The van der Waals surface area contributed by atoms with Crippen molar-refractivity contribution >= 4 is 23.2 Å². The Morgan fingerprint density at radius 1 is 1.10 bits per heavy atom. The molecule has 0 bridgehead atoms. The van der Waals surface area contributed by atoms with Crippen LogP contribution in [-0.4, -0.2) is 50.6 Å². The molecule has 2 aromatic carbocycles. The highest BCUT2D eigenvalue weighted by molar-refractivity contribution is 5.97. The van der Waals surface area contributed by atoms with Gasteiger partial charge in [-0.05, 0) is 50.1 Å². The summed E-state index contributed by atoms with van der Waals surface area (Å²) in [5.74, 6) is 1.60. The van der Waals surface area contributed by atoms with Crippen molar-refractivity contribution in [3.05, 3.63) is 48.0 Å². The summed E-state index contributed by atoms with van der Waals surface area (Å²) in [5.41, 5.74) is 2.62. The van der Waals surface area contributed by atoms with E-state index >= 15 is 0 Å². The molecule has 1 N–H and O–H groups in total. The molecule has 2 aromatic rings. The molecule has 7 nitrogen and oxygen atoms in total. The van der Waals surface area contributed by atoms with E-state index in [1.165, 1.54) is 0 Å². The van der Waals surface area contributed by atoms with E-state index in [-0.39, 0.29) is 17.9 Å². The van der Waals surface area contributed by atoms with Crippen molar-refractivity contribution < 1.29 is 19.1 Å². The van der Waals surface area contributed by atoms with E-state index in [9.17, 15) is 9.59 Å². The van der Waals surface area contributed by atoms with Crippen LogP contribution in [0.15, 0.2) is 42.5 Å². The lowest BCUT2D eigenvalue weighted by Crippen LogP contribution is -2.33. The highest BCUT2D eigenvalue weighted by Crippen LogP contribution is 2.38. The zero-order valence-electron chi connectivity index (χ0n) is 18.1. The number of carbonyl (C=O) groups excluding carboxylic acids is 2. The minimum Gasteiger partial charge on any atom is -0.497 e. The first kappa shape index (κ1) is 21.2. The maximum absolute atomic E-state index is 12.8. The Morgan fingerprint density at radius 3 is 2.71 bits per heavy atom. The maximum Gasteiger partial charge on any atom is 0.238 e. The van der Waals surface area contributed by atoms with Crippen molar-refractivity contribution in [3.63, 3.8) is 0 Å². The van der Waals surface area contributed by atoms with Crippen LogP contribution in [0.5, 0.6) is 11.5 Å². The standard InChI is InChI=1S/C24H29N3O4/c1-30-19-10-11-20(22(15-19)31-2)21-8-4-12-26(21)16-23(28)25-17-6-3-7-18(14-17)27-13-5-9-24(27)29/h3,6-7,10-11,14-15,21H,4-5,8-9,12-13,16H2,1-2H3,(H,25,28). The molecule has 0 spiro atoms. The number of ether oxygens (including phenoxy) is 2. The van der Waals surface area contributed by atoms with Gasteiger partial charge in [-0.15, -0.1) is 0 Å².